The number of rotatable bonds is 3. The number of aromatic nitrogens is 1. The number of likely N-dealkylation sites (tertiary alicyclic amines) is 1. The molecule has 5 nitrogen and oxygen atoms in total. The van der Waals surface area contributed by atoms with Crippen molar-refractivity contribution >= 4 is 11.8 Å². The number of carboxylic acid groups (broad SMARTS) is 1. The van der Waals surface area contributed by atoms with Crippen molar-refractivity contribution < 1.29 is 14.3 Å². The first-order chi connectivity index (χ1) is 8.08. The molecule has 0 aromatic carbocycles. The minimum Gasteiger partial charge on any atom is -0.478 e. The van der Waals surface area contributed by atoms with Gasteiger partial charge in [-0.05, 0) is 26.1 Å². The van der Waals surface area contributed by atoms with Crippen LogP contribution < -0.4 is 5.32 Å². The van der Waals surface area contributed by atoms with Crippen LogP contribution in [-0.2, 0) is 0 Å². The van der Waals surface area contributed by atoms with E-state index in [-0.39, 0.29) is 17.4 Å². The summed E-state index contributed by atoms with van der Waals surface area (Å²) in [5.41, 5.74) is -0.353. The summed E-state index contributed by atoms with van der Waals surface area (Å²) in [5.74, 6) is -2.06. The van der Waals surface area contributed by atoms with Gasteiger partial charge in [-0.1, -0.05) is 0 Å². The molecule has 0 bridgehead atoms. The Morgan fingerprint density at radius 1 is 1.71 bits per heavy atom. The number of hydrogen-bond acceptors (Lipinski definition) is 4. The number of hydrogen-bond donors (Lipinski definition) is 2. The molecule has 1 fully saturated rings. The van der Waals surface area contributed by atoms with Gasteiger partial charge in [0.1, 0.15) is 5.56 Å². The van der Waals surface area contributed by atoms with E-state index in [4.69, 9.17) is 5.11 Å². The maximum Gasteiger partial charge on any atom is 0.338 e. The maximum absolute atomic E-state index is 13.8. The number of anilines is 1. The maximum atomic E-state index is 13.8. The molecule has 0 spiro atoms. The zero-order valence-corrected chi connectivity index (χ0v) is 9.48. The van der Waals surface area contributed by atoms with Crippen molar-refractivity contribution in [3.63, 3.8) is 0 Å². The van der Waals surface area contributed by atoms with Crippen LogP contribution in [0.5, 0.6) is 0 Å². The number of halogens is 1. The van der Waals surface area contributed by atoms with E-state index >= 15 is 0 Å². The minimum atomic E-state index is -1.28. The molecular formula is C11H14FN3O2. The fourth-order valence-corrected chi connectivity index (χ4v) is 1.96. The van der Waals surface area contributed by atoms with E-state index in [0.29, 0.717) is 0 Å². The minimum absolute atomic E-state index is 0.0187. The second-order valence-corrected chi connectivity index (χ2v) is 4.22. The molecular weight excluding hydrogens is 225 g/mol. The molecule has 0 amide bonds. The van der Waals surface area contributed by atoms with Gasteiger partial charge in [-0.2, -0.15) is 0 Å². The number of carbonyl (C=O) groups is 1. The molecule has 17 heavy (non-hydrogen) atoms. The second-order valence-electron chi connectivity index (χ2n) is 4.22. The third-order valence-electron chi connectivity index (χ3n) is 2.85. The summed E-state index contributed by atoms with van der Waals surface area (Å²) in [5, 5.41) is 11.7. The van der Waals surface area contributed by atoms with Gasteiger partial charge in [0.15, 0.2) is 11.6 Å². The van der Waals surface area contributed by atoms with Crippen LogP contribution >= 0.6 is 0 Å². The quantitative estimate of drug-likeness (QED) is 0.825. The largest absolute Gasteiger partial charge is 0.478 e. The monoisotopic (exact) mass is 239 g/mol. The number of nitrogens with one attached hydrogen (secondary N) is 1. The topological polar surface area (TPSA) is 65.5 Å². The molecule has 92 valence electrons. The lowest BCUT2D eigenvalue weighted by atomic mass is 10.2. The molecule has 2 heterocycles. The van der Waals surface area contributed by atoms with Gasteiger partial charge in [0.05, 0.1) is 0 Å². The van der Waals surface area contributed by atoms with Crippen LogP contribution in [0.25, 0.3) is 0 Å². The van der Waals surface area contributed by atoms with Gasteiger partial charge in [0, 0.05) is 18.8 Å². The Morgan fingerprint density at radius 2 is 2.47 bits per heavy atom. The highest BCUT2D eigenvalue weighted by Crippen LogP contribution is 2.18. The Balaban J connectivity index is 2.16. The third-order valence-corrected chi connectivity index (χ3v) is 2.85. The smallest absolute Gasteiger partial charge is 0.338 e. The predicted octanol–water partition coefficient (Wildman–Crippen LogP) is 1.03. The summed E-state index contributed by atoms with van der Waals surface area (Å²) >= 11 is 0. The molecule has 1 atom stereocenters. The molecule has 2 N–H and O–H groups in total. The average Bonchev–Trinajstić information content (AvgIpc) is 2.67. The summed E-state index contributed by atoms with van der Waals surface area (Å²) < 4.78 is 13.8. The van der Waals surface area contributed by atoms with Gasteiger partial charge >= 0.3 is 5.97 Å². The van der Waals surface area contributed by atoms with E-state index in [1.807, 2.05) is 7.05 Å². The van der Waals surface area contributed by atoms with Crippen molar-refractivity contribution in [3.8, 4) is 0 Å². The lowest BCUT2D eigenvalue weighted by molar-refractivity contribution is 0.0692. The van der Waals surface area contributed by atoms with Gasteiger partial charge < -0.3 is 15.3 Å². The van der Waals surface area contributed by atoms with Crippen LogP contribution in [0.15, 0.2) is 12.3 Å². The van der Waals surface area contributed by atoms with E-state index in [1.165, 1.54) is 6.20 Å². The summed E-state index contributed by atoms with van der Waals surface area (Å²) in [6.45, 7) is 1.75. The Kier molecular flexibility index (Phi) is 3.23. The van der Waals surface area contributed by atoms with Crippen LogP contribution in [0.1, 0.15) is 16.8 Å². The van der Waals surface area contributed by atoms with Crippen molar-refractivity contribution in [2.75, 3.05) is 25.5 Å². The Hall–Kier alpha value is -1.69. The Bertz CT molecular complexity index is 439. The fraction of sp³-hybridized carbons (Fsp3) is 0.455. The van der Waals surface area contributed by atoms with E-state index in [9.17, 15) is 9.18 Å². The summed E-state index contributed by atoms with van der Waals surface area (Å²) in [6.07, 6.45) is 2.20. The van der Waals surface area contributed by atoms with Crippen LogP contribution in [0, 0.1) is 5.82 Å². The molecule has 0 saturated carbocycles. The zero-order chi connectivity index (χ0) is 12.4. The molecule has 1 aromatic rings. The van der Waals surface area contributed by atoms with Crippen molar-refractivity contribution in [2.45, 2.75) is 12.5 Å². The molecule has 0 radical (unpaired) electrons. The normalized spacial score (nSPS) is 20.5. The average molecular weight is 239 g/mol. The van der Waals surface area contributed by atoms with Crippen molar-refractivity contribution in [2.24, 2.45) is 0 Å². The molecule has 6 heteroatoms. The number of nitrogens with zero attached hydrogens (tertiary/aromatic N) is 2. The lowest BCUT2D eigenvalue weighted by Crippen LogP contribution is -2.25. The van der Waals surface area contributed by atoms with Crippen molar-refractivity contribution in [3.05, 3.63) is 23.6 Å². The highest BCUT2D eigenvalue weighted by Gasteiger charge is 2.22. The van der Waals surface area contributed by atoms with E-state index in [0.717, 1.165) is 25.6 Å². The van der Waals surface area contributed by atoms with Crippen molar-refractivity contribution in [1.29, 1.82) is 0 Å². The second kappa shape index (κ2) is 4.67. The highest BCUT2D eigenvalue weighted by atomic mass is 19.1. The SMILES string of the molecule is CN1CCC(Nc2nccc(C(=O)O)c2F)C1. The van der Waals surface area contributed by atoms with Crippen LogP contribution in [0.3, 0.4) is 0 Å². The number of aromatic carboxylic acids is 1. The summed E-state index contributed by atoms with van der Waals surface area (Å²) in [6, 6.07) is 1.27. The van der Waals surface area contributed by atoms with Gasteiger partial charge in [-0.15, -0.1) is 0 Å². The Morgan fingerprint density at radius 3 is 3.06 bits per heavy atom. The van der Waals surface area contributed by atoms with Gasteiger partial charge in [-0.25, -0.2) is 14.2 Å². The molecule has 1 aliphatic heterocycles. The fourth-order valence-electron chi connectivity index (χ4n) is 1.96. The molecule has 1 unspecified atom stereocenters. The van der Waals surface area contributed by atoms with Crippen molar-refractivity contribution in [1.82, 2.24) is 9.88 Å². The number of carboxylic acids is 1. The molecule has 0 aliphatic carbocycles. The molecule has 1 saturated heterocycles. The zero-order valence-electron chi connectivity index (χ0n) is 9.48. The Labute approximate surface area is 98.3 Å². The van der Waals surface area contributed by atoms with E-state index in [2.05, 4.69) is 15.2 Å². The van der Waals surface area contributed by atoms with Gasteiger partial charge in [-0.3, -0.25) is 0 Å². The molecule has 1 aromatic heterocycles. The van der Waals surface area contributed by atoms with E-state index in [1.54, 1.807) is 0 Å². The van der Waals surface area contributed by atoms with Crippen LogP contribution in [0.4, 0.5) is 10.2 Å². The number of likely N-dealkylation sites (N-methyl/N-ethyl adjacent to an activating group) is 1. The number of pyridine rings is 1. The molecule has 1 aliphatic rings. The highest BCUT2D eigenvalue weighted by molar-refractivity contribution is 5.88. The molecule has 2 rings (SSSR count). The van der Waals surface area contributed by atoms with Gasteiger partial charge in [0.2, 0.25) is 0 Å². The first kappa shape index (κ1) is 11.8. The first-order valence-electron chi connectivity index (χ1n) is 5.41. The van der Waals surface area contributed by atoms with E-state index < -0.39 is 11.8 Å². The van der Waals surface area contributed by atoms with Gasteiger partial charge in [0.25, 0.3) is 0 Å². The first-order valence-corrected chi connectivity index (χ1v) is 5.41. The van der Waals surface area contributed by atoms with Crippen LogP contribution in [0.2, 0.25) is 0 Å². The summed E-state index contributed by atoms with van der Waals surface area (Å²) in [7, 11) is 1.99. The standard InChI is InChI=1S/C11H14FN3O2/c1-15-5-3-7(6-15)14-10-9(12)8(11(16)17)2-4-13-10/h2,4,7H,3,5-6H2,1H3,(H,13,14)(H,16,17). The lowest BCUT2D eigenvalue weighted by Gasteiger charge is -2.14. The predicted molar refractivity (Wildman–Crippen MR) is 60.7 cm³/mol. The van der Waals surface area contributed by atoms with Crippen LogP contribution in [-0.4, -0.2) is 47.1 Å². The third kappa shape index (κ3) is 2.52. The summed E-state index contributed by atoms with van der Waals surface area (Å²) in [4.78, 5) is 16.7.